The standard InChI is InChI=1S/C19H22ClN5O/c20-16-11-22-19(23-13-6-8-25(12-13)7-3-9-26)24-18(16)15-10-21-17-5-2-1-4-14(15)17/h1-2,4-5,10-11,13,21,26H,3,6-9,12H2,(H,22,23,24)/t13-/m1/s1. The maximum absolute atomic E-state index is 8.97. The Bertz CT molecular complexity index is 897. The zero-order valence-corrected chi connectivity index (χ0v) is 15.2. The number of fused-ring (bicyclic) bond motifs is 1. The van der Waals surface area contributed by atoms with Crippen LogP contribution in [0.5, 0.6) is 0 Å². The van der Waals surface area contributed by atoms with E-state index in [-0.39, 0.29) is 6.61 Å². The van der Waals surface area contributed by atoms with Crippen molar-refractivity contribution in [1.82, 2.24) is 19.9 Å². The quantitative estimate of drug-likeness (QED) is 0.620. The van der Waals surface area contributed by atoms with E-state index in [0.29, 0.717) is 17.0 Å². The minimum atomic E-state index is 0.239. The largest absolute Gasteiger partial charge is 0.396 e. The first-order valence-electron chi connectivity index (χ1n) is 8.93. The Morgan fingerprint density at radius 1 is 1.35 bits per heavy atom. The lowest BCUT2D eigenvalue weighted by Gasteiger charge is -2.16. The van der Waals surface area contributed by atoms with E-state index in [4.69, 9.17) is 16.7 Å². The number of aromatic nitrogens is 3. The fourth-order valence-corrected chi connectivity index (χ4v) is 3.72. The summed E-state index contributed by atoms with van der Waals surface area (Å²) in [5.74, 6) is 0.601. The Morgan fingerprint density at radius 3 is 3.12 bits per heavy atom. The molecule has 7 heteroatoms. The molecule has 0 spiro atoms. The van der Waals surface area contributed by atoms with Gasteiger partial charge in [-0.2, -0.15) is 0 Å². The van der Waals surface area contributed by atoms with Gasteiger partial charge in [0.1, 0.15) is 0 Å². The SMILES string of the molecule is OCCCN1CC[C@@H](Nc2ncc(Cl)c(-c3c[nH]c4ccccc34)n2)C1. The number of halogens is 1. The second kappa shape index (κ2) is 7.61. The summed E-state index contributed by atoms with van der Waals surface area (Å²) in [5, 5.41) is 14.0. The third-order valence-electron chi connectivity index (χ3n) is 4.83. The van der Waals surface area contributed by atoms with Crippen molar-refractivity contribution < 1.29 is 5.11 Å². The van der Waals surface area contributed by atoms with Gasteiger partial charge in [0.25, 0.3) is 0 Å². The molecular formula is C19H22ClN5O. The van der Waals surface area contributed by atoms with Crippen LogP contribution in [0.4, 0.5) is 5.95 Å². The van der Waals surface area contributed by atoms with Gasteiger partial charge in [-0.05, 0) is 18.9 Å². The molecule has 1 fully saturated rings. The van der Waals surface area contributed by atoms with Crippen LogP contribution >= 0.6 is 11.6 Å². The number of hydrogen-bond donors (Lipinski definition) is 3. The van der Waals surface area contributed by atoms with Crippen molar-refractivity contribution in [1.29, 1.82) is 0 Å². The summed E-state index contributed by atoms with van der Waals surface area (Å²) >= 11 is 6.39. The number of benzene rings is 1. The van der Waals surface area contributed by atoms with E-state index in [2.05, 4.69) is 31.2 Å². The summed E-state index contributed by atoms with van der Waals surface area (Å²) in [5.41, 5.74) is 2.77. The second-order valence-electron chi connectivity index (χ2n) is 6.65. The van der Waals surface area contributed by atoms with Gasteiger partial charge < -0.3 is 20.3 Å². The summed E-state index contributed by atoms with van der Waals surface area (Å²) in [6, 6.07) is 8.41. The van der Waals surface area contributed by atoms with Crippen LogP contribution in [0.15, 0.2) is 36.7 Å². The third-order valence-corrected chi connectivity index (χ3v) is 5.10. The van der Waals surface area contributed by atoms with Crippen LogP contribution in [0.25, 0.3) is 22.2 Å². The van der Waals surface area contributed by atoms with Gasteiger partial charge in [-0.15, -0.1) is 0 Å². The highest BCUT2D eigenvalue weighted by Crippen LogP contribution is 2.32. The number of likely N-dealkylation sites (tertiary alicyclic amines) is 1. The highest BCUT2D eigenvalue weighted by Gasteiger charge is 2.23. The third kappa shape index (κ3) is 3.53. The number of aliphatic hydroxyl groups is 1. The van der Waals surface area contributed by atoms with E-state index in [9.17, 15) is 0 Å². The molecule has 1 aromatic carbocycles. The molecule has 2 aromatic heterocycles. The number of aliphatic hydroxyl groups excluding tert-OH is 1. The van der Waals surface area contributed by atoms with Crippen LogP contribution in [0, 0.1) is 0 Å². The predicted octanol–water partition coefficient (Wildman–Crippen LogP) is 3.15. The molecule has 1 saturated heterocycles. The second-order valence-corrected chi connectivity index (χ2v) is 7.05. The van der Waals surface area contributed by atoms with Crippen LogP contribution in [-0.2, 0) is 0 Å². The summed E-state index contributed by atoms with van der Waals surface area (Å²) in [4.78, 5) is 14.7. The normalized spacial score (nSPS) is 17.8. The molecule has 0 radical (unpaired) electrons. The average molecular weight is 372 g/mol. The van der Waals surface area contributed by atoms with E-state index in [1.54, 1.807) is 6.20 Å². The molecule has 26 heavy (non-hydrogen) atoms. The molecule has 3 heterocycles. The fourth-order valence-electron chi connectivity index (χ4n) is 3.52. The number of H-pyrrole nitrogens is 1. The van der Waals surface area contributed by atoms with Crippen LogP contribution in [-0.4, -0.2) is 57.2 Å². The minimum absolute atomic E-state index is 0.239. The number of rotatable bonds is 6. The van der Waals surface area contributed by atoms with Gasteiger partial charge in [0.2, 0.25) is 5.95 Å². The van der Waals surface area contributed by atoms with Crippen LogP contribution < -0.4 is 5.32 Å². The van der Waals surface area contributed by atoms with E-state index in [0.717, 1.165) is 54.6 Å². The van der Waals surface area contributed by atoms with Crippen molar-refractivity contribution in [3.63, 3.8) is 0 Å². The summed E-state index contributed by atoms with van der Waals surface area (Å²) < 4.78 is 0. The minimum Gasteiger partial charge on any atom is -0.396 e. The van der Waals surface area contributed by atoms with Crippen molar-refractivity contribution in [2.45, 2.75) is 18.9 Å². The van der Waals surface area contributed by atoms with Gasteiger partial charge in [-0.1, -0.05) is 29.8 Å². The number of anilines is 1. The molecule has 1 atom stereocenters. The first-order valence-corrected chi connectivity index (χ1v) is 9.31. The Labute approximate surface area is 157 Å². The molecule has 0 unspecified atom stereocenters. The first-order chi connectivity index (χ1) is 12.7. The predicted molar refractivity (Wildman–Crippen MR) is 105 cm³/mol. The molecule has 0 aliphatic carbocycles. The molecule has 6 nitrogen and oxygen atoms in total. The van der Waals surface area contributed by atoms with E-state index >= 15 is 0 Å². The van der Waals surface area contributed by atoms with Crippen LogP contribution in [0.1, 0.15) is 12.8 Å². The van der Waals surface area contributed by atoms with Crippen molar-refractivity contribution in [2.24, 2.45) is 0 Å². The molecule has 0 bridgehead atoms. The lowest BCUT2D eigenvalue weighted by Crippen LogP contribution is -2.28. The molecule has 0 saturated carbocycles. The maximum Gasteiger partial charge on any atom is 0.223 e. The summed E-state index contributed by atoms with van der Waals surface area (Å²) in [6.45, 7) is 3.13. The van der Waals surface area contributed by atoms with Crippen molar-refractivity contribution in [3.05, 3.63) is 41.7 Å². The topological polar surface area (TPSA) is 77.1 Å². The van der Waals surface area contributed by atoms with E-state index in [1.165, 1.54) is 0 Å². The monoisotopic (exact) mass is 371 g/mol. The number of nitrogens with zero attached hydrogens (tertiary/aromatic N) is 3. The summed E-state index contributed by atoms with van der Waals surface area (Å²) in [7, 11) is 0. The Kier molecular flexibility index (Phi) is 5.06. The fraction of sp³-hybridized carbons (Fsp3) is 0.368. The van der Waals surface area contributed by atoms with Gasteiger partial charge in [-0.25, -0.2) is 9.97 Å². The molecule has 3 aromatic rings. The lowest BCUT2D eigenvalue weighted by atomic mass is 10.1. The smallest absolute Gasteiger partial charge is 0.223 e. The van der Waals surface area contributed by atoms with Gasteiger partial charge in [0.05, 0.1) is 16.9 Å². The average Bonchev–Trinajstić information content (AvgIpc) is 3.28. The van der Waals surface area contributed by atoms with Gasteiger partial charge in [-0.3, -0.25) is 0 Å². The Morgan fingerprint density at radius 2 is 2.23 bits per heavy atom. The lowest BCUT2D eigenvalue weighted by molar-refractivity contribution is 0.247. The Hall–Kier alpha value is -2.15. The van der Waals surface area contributed by atoms with Crippen LogP contribution in [0.2, 0.25) is 5.02 Å². The number of aromatic amines is 1. The molecule has 1 aliphatic rings. The van der Waals surface area contributed by atoms with Gasteiger partial charge >= 0.3 is 0 Å². The van der Waals surface area contributed by atoms with Crippen molar-refractivity contribution in [2.75, 3.05) is 31.6 Å². The molecule has 1 aliphatic heterocycles. The zero-order valence-electron chi connectivity index (χ0n) is 14.5. The van der Waals surface area contributed by atoms with E-state index < -0.39 is 0 Å². The first kappa shape index (κ1) is 17.3. The highest BCUT2D eigenvalue weighted by molar-refractivity contribution is 6.33. The molecule has 3 N–H and O–H groups in total. The number of nitrogens with one attached hydrogen (secondary N) is 2. The molecule has 136 valence electrons. The molecular weight excluding hydrogens is 350 g/mol. The number of para-hydroxylation sites is 1. The van der Waals surface area contributed by atoms with Crippen LogP contribution in [0.3, 0.4) is 0 Å². The highest BCUT2D eigenvalue weighted by atomic mass is 35.5. The number of hydrogen-bond acceptors (Lipinski definition) is 5. The maximum atomic E-state index is 8.97. The van der Waals surface area contributed by atoms with Crippen molar-refractivity contribution >= 4 is 28.5 Å². The summed E-state index contributed by atoms with van der Waals surface area (Å²) in [6.07, 6.45) is 5.45. The molecule has 4 rings (SSSR count). The van der Waals surface area contributed by atoms with Gasteiger partial charge in [0.15, 0.2) is 0 Å². The van der Waals surface area contributed by atoms with Gasteiger partial charge in [0, 0.05) is 54.9 Å². The van der Waals surface area contributed by atoms with E-state index in [1.807, 2.05) is 24.4 Å². The zero-order chi connectivity index (χ0) is 17.9. The Balaban J connectivity index is 1.54. The molecule has 0 amide bonds. The van der Waals surface area contributed by atoms with Crippen molar-refractivity contribution in [3.8, 4) is 11.3 Å².